The molecule has 5 heteroatoms. The van der Waals surface area contributed by atoms with Gasteiger partial charge in [0.2, 0.25) is 0 Å². The van der Waals surface area contributed by atoms with E-state index in [0.717, 1.165) is 16.6 Å². The molecule has 0 saturated carbocycles. The SMILES string of the molecule is CC(C)[Si](C(C)C)(C(C)C)n1ccc2c(Cl)c(C(O)c3ccccc3)cnc21. The molecule has 3 nitrogen and oxygen atoms in total. The quantitative estimate of drug-likeness (QED) is 0.450. The molecule has 1 atom stereocenters. The van der Waals surface area contributed by atoms with Crippen molar-refractivity contribution in [3.05, 3.63) is 64.9 Å². The molecule has 3 aromatic rings. The van der Waals surface area contributed by atoms with Gasteiger partial charge >= 0.3 is 0 Å². The van der Waals surface area contributed by atoms with Crippen LogP contribution in [-0.4, -0.2) is 22.6 Å². The fourth-order valence-corrected chi connectivity index (χ4v) is 12.1. The van der Waals surface area contributed by atoms with Gasteiger partial charge in [-0.15, -0.1) is 0 Å². The highest BCUT2D eigenvalue weighted by Crippen LogP contribution is 2.45. The zero-order valence-corrected chi connectivity index (χ0v) is 19.4. The van der Waals surface area contributed by atoms with Crippen LogP contribution in [0.3, 0.4) is 0 Å². The van der Waals surface area contributed by atoms with Gasteiger partial charge in [-0.2, -0.15) is 0 Å². The van der Waals surface area contributed by atoms with Gasteiger partial charge in [-0.1, -0.05) is 83.5 Å². The van der Waals surface area contributed by atoms with Gasteiger partial charge in [0, 0.05) is 17.1 Å². The van der Waals surface area contributed by atoms with E-state index in [2.05, 4.69) is 58.0 Å². The predicted octanol–water partition coefficient (Wildman–Crippen LogP) is 6.80. The Balaban J connectivity index is 2.18. The third kappa shape index (κ3) is 3.21. The van der Waals surface area contributed by atoms with E-state index in [4.69, 9.17) is 16.6 Å². The number of rotatable bonds is 6. The lowest BCUT2D eigenvalue weighted by Gasteiger charge is -2.44. The van der Waals surface area contributed by atoms with Gasteiger partial charge in [0.05, 0.1) is 5.02 Å². The molecule has 0 spiro atoms. The fourth-order valence-electron chi connectivity index (χ4n) is 5.22. The van der Waals surface area contributed by atoms with Crippen molar-refractivity contribution in [3.63, 3.8) is 0 Å². The zero-order chi connectivity index (χ0) is 20.6. The van der Waals surface area contributed by atoms with Crippen molar-refractivity contribution in [1.82, 2.24) is 9.22 Å². The Bertz CT molecular complexity index is 928. The zero-order valence-electron chi connectivity index (χ0n) is 17.6. The van der Waals surface area contributed by atoms with Crippen LogP contribution in [0.15, 0.2) is 48.8 Å². The van der Waals surface area contributed by atoms with Crippen LogP contribution in [0, 0.1) is 0 Å². The molecule has 1 unspecified atom stereocenters. The Labute approximate surface area is 174 Å². The highest BCUT2D eigenvalue weighted by Gasteiger charge is 2.46. The second-order valence-electron chi connectivity index (χ2n) is 8.62. The molecular formula is C23H31ClN2OSi. The summed E-state index contributed by atoms with van der Waals surface area (Å²) in [6.07, 6.45) is 3.14. The molecule has 2 heterocycles. The second-order valence-corrected chi connectivity index (χ2v) is 14.7. The van der Waals surface area contributed by atoms with Crippen molar-refractivity contribution in [1.29, 1.82) is 0 Å². The molecule has 0 fully saturated rings. The molecule has 28 heavy (non-hydrogen) atoms. The lowest BCUT2D eigenvalue weighted by Crippen LogP contribution is -2.51. The van der Waals surface area contributed by atoms with Crippen LogP contribution in [0.1, 0.15) is 58.8 Å². The van der Waals surface area contributed by atoms with Crippen LogP contribution >= 0.6 is 11.6 Å². The van der Waals surface area contributed by atoms with Gasteiger partial charge in [-0.25, -0.2) is 4.98 Å². The van der Waals surface area contributed by atoms with Gasteiger partial charge in [-0.3, -0.25) is 0 Å². The molecule has 0 aliphatic rings. The highest BCUT2D eigenvalue weighted by molar-refractivity contribution is 6.82. The van der Waals surface area contributed by atoms with Crippen LogP contribution in [0.4, 0.5) is 0 Å². The minimum atomic E-state index is -1.91. The molecule has 0 saturated heterocycles. The maximum Gasteiger partial charge on any atom is 0.171 e. The first-order chi connectivity index (χ1) is 13.2. The Morgan fingerprint density at radius 3 is 2.04 bits per heavy atom. The maximum absolute atomic E-state index is 10.8. The number of nitrogens with zero attached hydrogens (tertiary/aromatic N) is 2. The minimum Gasteiger partial charge on any atom is -0.384 e. The summed E-state index contributed by atoms with van der Waals surface area (Å²) < 4.78 is 2.45. The monoisotopic (exact) mass is 414 g/mol. The minimum absolute atomic E-state index is 0.568. The average molecular weight is 415 g/mol. The summed E-state index contributed by atoms with van der Waals surface area (Å²) in [5, 5.41) is 12.4. The van der Waals surface area contributed by atoms with Crippen molar-refractivity contribution in [2.75, 3.05) is 0 Å². The normalized spacial score (nSPS) is 13.8. The fraction of sp³-hybridized carbons (Fsp3) is 0.435. The largest absolute Gasteiger partial charge is 0.384 e. The molecule has 0 bridgehead atoms. The van der Waals surface area contributed by atoms with Gasteiger partial charge in [-0.05, 0) is 34.5 Å². The standard InChI is InChI=1S/C23H31ClN2OSi/c1-15(2)28(16(3)4,17(5)6)26-13-12-19-21(24)20(14-25-23(19)26)22(27)18-10-8-7-9-11-18/h7-17,22,27H,1-6H3. The first kappa shape index (κ1) is 21.1. The topological polar surface area (TPSA) is 38.0 Å². The third-order valence-electron chi connectivity index (χ3n) is 6.28. The number of pyridine rings is 1. The lowest BCUT2D eigenvalue weighted by molar-refractivity contribution is 0.220. The highest BCUT2D eigenvalue weighted by atomic mass is 35.5. The van der Waals surface area contributed by atoms with Crippen molar-refractivity contribution in [2.45, 2.75) is 64.3 Å². The van der Waals surface area contributed by atoms with E-state index in [1.807, 2.05) is 30.3 Å². The molecule has 2 aromatic heterocycles. The Hall–Kier alpha value is -1.62. The van der Waals surface area contributed by atoms with E-state index in [-0.39, 0.29) is 0 Å². The molecular weight excluding hydrogens is 384 g/mol. The van der Waals surface area contributed by atoms with Gasteiger partial charge in [0.15, 0.2) is 8.24 Å². The molecule has 0 amide bonds. The number of aliphatic hydroxyl groups is 1. The average Bonchev–Trinajstić information content (AvgIpc) is 3.07. The van der Waals surface area contributed by atoms with Gasteiger partial charge in [0.1, 0.15) is 11.8 Å². The summed E-state index contributed by atoms with van der Waals surface area (Å²) in [5.74, 6) is 0. The Morgan fingerprint density at radius 1 is 0.929 bits per heavy atom. The lowest BCUT2D eigenvalue weighted by atomic mass is 10.0. The molecule has 1 N–H and O–H groups in total. The number of aliphatic hydroxyl groups excluding tert-OH is 1. The summed E-state index contributed by atoms with van der Waals surface area (Å²) in [4.78, 5) is 4.81. The van der Waals surface area contributed by atoms with E-state index in [9.17, 15) is 5.11 Å². The van der Waals surface area contributed by atoms with E-state index in [1.54, 1.807) is 6.20 Å². The summed E-state index contributed by atoms with van der Waals surface area (Å²) in [7, 11) is -1.91. The number of fused-ring (bicyclic) bond motifs is 1. The molecule has 0 aliphatic carbocycles. The third-order valence-corrected chi connectivity index (χ3v) is 13.4. The van der Waals surface area contributed by atoms with Crippen molar-refractivity contribution in [2.24, 2.45) is 0 Å². The summed E-state index contributed by atoms with van der Waals surface area (Å²) in [5.41, 5.74) is 4.12. The first-order valence-electron chi connectivity index (χ1n) is 10.1. The smallest absolute Gasteiger partial charge is 0.171 e. The molecule has 1 aromatic carbocycles. The summed E-state index contributed by atoms with van der Waals surface area (Å²) in [6.45, 7) is 14.0. The van der Waals surface area contributed by atoms with Crippen LogP contribution in [0.5, 0.6) is 0 Å². The Morgan fingerprint density at radius 2 is 1.50 bits per heavy atom. The number of benzene rings is 1. The number of hydrogen-bond donors (Lipinski definition) is 1. The van der Waals surface area contributed by atoms with Crippen LogP contribution in [0.25, 0.3) is 11.0 Å². The van der Waals surface area contributed by atoms with Crippen molar-refractivity contribution in [3.8, 4) is 0 Å². The van der Waals surface area contributed by atoms with Gasteiger partial charge in [0.25, 0.3) is 0 Å². The predicted molar refractivity (Wildman–Crippen MR) is 122 cm³/mol. The first-order valence-corrected chi connectivity index (χ1v) is 12.7. The van der Waals surface area contributed by atoms with E-state index >= 15 is 0 Å². The molecule has 0 radical (unpaired) electrons. The van der Waals surface area contributed by atoms with E-state index in [0.29, 0.717) is 27.2 Å². The summed E-state index contributed by atoms with van der Waals surface area (Å²) in [6, 6.07) is 11.7. The van der Waals surface area contributed by atoms with Crippen LogP contribution in [-0.2, 0) is 0 Å². The van der Waals surface area contributed by atoms with Crippen molar-refractivity contribution >= 4 is 30.9 Å². The Kier molecular flexibility index (Phi) is 6.04. The second kappa shape index (κ2) is 8.01. The van der Waals surface area contributed by atoms with E-state index < -0.39 is 14.3 Å². The van der Waals surface area contributed by atoms with Gasteiger partial charge < -0.3 is 9.34 Å². The molecule has 150 valence electrons. The number of aromatic nitrogens is 2. The van der Waals surface area contributed by atoms with E-state index in [1.165, 1.54) is 0 Å². The number of halogens is 1. The van der Waals surface area contributed by atoms with Crippen LogP contribution < -0.4 is 0 Å². The van der Waals surface area contributed by atoms with Crippen molar-refractivity contribution < 1.29 is 5.11 Å². The molecule has 3 rings (SSSR count). The van der Waals surface area contributed by atoms with Crippen LogP contribution in [0.2, 0.25) is 21.6 Å². The molecule has 0 aliphatic heterocycles. The maximum atomic E-state index is 10.8. The summed E-state index contributed by atoms with van der Waals surface area (Å²) >= 11 is 6.79. The number of hydrogen-bond acceptors (Lipinski definition) is 2.